The highest BCUT2D eigenvalue weighted by Crippen LogP contribution is 2.29. The minimum atomic E-state index is -0.0538. The smallest absolute Gasteiger partial charge is 0.0805 e. The van der Waals surface area contributed by atoms with Crippen LogP contribution in [0.25, 0.3) is 0 Å². The van der Waals surface area contributed by atoms with Crippen LogP contribution in [0, 0.1) is 0 Å². The molecule has 0 aromatic carbocycles. The average molecular weight is 149 g/mol. The summed E-state index contributed by atoms with van der Waals surface area (Å²) >= 11 is 0. The average Bonchev–Trinajstić information content (AvgIpc) is 2.45. The molecule has 0 aromatic heterocycles. The van der Waals surface area contributed by atoms with Crippen LogP contribution in [0.5, 0.6) is 0 Å². The van der Waals surface area contributed by atoms with Gasteiger partial charge in [0.25, 0.3) is 0 Å². The van der Waals surface area contributed by atoms with Gasteiger partial charge in [-0.05, 0) is 7.05 Å². The topological polar surface area (TPSA) is 32.5 Å². The fraction of sp³-hybridized carbons (Fsp3) is 1.00. The molecule has 0 radical (unpaired) electrons. The molecular weight excluding hydrogens is 137 g/mol. The molecular formula is C5H12NO2P. The summed E-state index contributed by atoms with van der Waals surface area (Å²) in [6.45, 7) is 1.74. The first-order chi connectivity index (χ1) is 4.25. The first-order valence-electron chi connectivity index (χ1n) is 2.89. The van der Waals surface area contributed by atoms with Crippen LogP contribution < -0.4 is 0 Å². The number of aliphatic hydroxyl groups is 1. The number of hydrogen-bond donors (Lipinski definition) is 1. The van der Waals surface area contributed by atoms with Crippen molar-refractivity contribution in [1.82, 2.24) is 4.90 Å². The third kappa shape index (κ3) is 1.24. The molecule has 4 heteroatoms. The van der Waals surface area contributed by atoms with E-state index in [2.05, 4.69) is 14.4 Å². The molecule has 0 spiro atoms. The van der Waals surface area contributed by atoms with Gasteiger partial charge in [-0.25, -0.2) is 0 Å². The summed E-state index contributed by atoms with van der Waals surface area (Å²) in [6, 6.07) is 0. The Morgan fingerprint density at radius 1 is 1.89 bits per heavy atom. The van der Waals surface area contributed by atoms with Crippen LogP contribution in [0.1, 0.15) is 0 Å². The van der Waals surface area contributed by atoms with Crippen molar-refractivity contribution in [1.29, 1.82) is 0 Å². The Balaban J connectivity index is 2.33. The molecule has 1 heterocycles. The van der Waals surface area contributed by atoms with Crippen molar-refractivity contribution in [2.45, 2.75) is 5.54 Å². The summed E-state index contributed by atoms with van der Waals surface area (Å²) in [4.78, 5) is 2.07. The zero-order chi connectivity index (χ0) is 6.91. The van der Waals surface area contributed by atoms with Gasteiger partial charge < -0.3 is 9.63 Å². The largest absolute Gasteiger partial charge is 0.394 e. The molecule has 0 aromatic rings. The minimum Gasteiger partial charge on any atom is -0.394 e. The van der Waals surface area contributed by atoms with E-state index in [9.17, 15) is 0 Å². The summed E-state index contributed by atoms with van der Waals surface area (Å²) in [5.74, 6) is 0. The van der Waals surface area contributed by atoms with E-state index in [1.54, 1.807) is 0 Å². The highest BCUT2D eigenvalue weighted by atomic mass is 31.0. The molecule has 1 N–H and O–H groups in total. The molecule has 1 aliphatic rings. The van der Waals surface area contributed by atoms with E-state index in [0.29, 0.717) is 6.61 Å². The second kappa shape index (κ2) is 2.51. The molecule has 0 amide bonds. The summed E-state index contributed by atoms with van der Waals surface area (Å²) in [5, 5.41) is 8.83. The van der Waals surface area contributed by atoms with Gasteiger partial charge in [0.1, 0.15) is 0 Å². The maximum Gasteiger partial charge on any atom is 0.0805 e. The fourth-order valence-electron chi connectivity index (χ4n) is 0.933. The molecule has 0 saturated carbocycles. The summed E-state index contributed by atoms with van der Waals surface area (Å²) in [5.41, 5.74) is -0.0538. The van der Waals surface area contributed by atoms with Gasteiger partial charge >= 0.3 is 0 Å². The monoisotopic (exact) mass is 149 g/mol. The second-order valence-electron chi connectivity index (χ2n) is 2.55. The molecule has 1 aliphatic heterocycles. The highest BCUT2D eigenvalue weighted by Gasteiger charge is 2.48. The van der Waals surface area contributed by atoms with Gasteiger partial charge in [0.15, 0.2) is 0 Å². The quantitative estimate of drug-likeness (QED) is 0.432. The van der Waals surface area contributed by atoms with Crippen molar-refractivity contribution >= 4 is 9.47 Å². The van der Waals surface area contributed by atoms with Crippen LogP contribution in [-0.4, -0.2) is 42.4 Å². The number of hydrogen-bond acceptors (Lipinski definition) is 3. The van der Waals surface area contributed by atoms with E-state index >= 15 is 0 Å². The normalized spacial score (nSPS) is 41.0. The zero-order valence-corrected chi connectivity index (χ0v) is 6.66. The molecule has 3 atom stereocenters. The van der Waals surface area contributed by atoms with Crippen molar-refractivity contribution < 1.29 is 9.63 Å². The number of aliphatic hydroxyl groups excluding tert-OH is 1. The van der Waals surface area contributed by atoms with Gasteiger partial charge in [0.2, 0.25) is 0 Å². The Hall–Kier alpha value is 0.310. The molecule has 3 unspecified atom stereocenters. The van der Waals surface area contributed by atoms with Gasteiger partial charge in [-0.1, -0.05) is 0 Å². The van der Waals surface area contributed by atoms with Crippen LogP contribution in [0.15, 0.2) is 0 Å². The van der Waals surface area contributed by atoms with Gasteiger partial charge in [0.05, 0.1) is 18.8 Å². The fourth-order valence-corrected chi connectivity index (χ4v) is 1.24. The molecule has 1 saturated heterocycles. The lowest BCUT2D eigenvalue weighted by Crippen LogP contribution is -2.26. The lowest BCUT2D eigenvalue weighted by molar-refractivity contribution is 0.174. The van der Waals surface area contributed by atoms with Crippen LogP contribution in [-0.2, 0) is 4.52 Å². The maximum atomic E-state index is 8.83. The molecule has 3 nitrogen and oxygen atoms in total. The number of rotatable bonds is 3. The zero-order valence-electron chi connectivity index (χ0n) is 5.50. The van der Waals surface area contributed by atoms with E-state index in [-0.39, 0.29) is 12.1 Å². The molecule has 1 fully saturated rings. The van der Waals surface area contributed by atoms with Crippen LogP contribution in [0.4, 0.5) is 0 Å². The van der Waals surface area contributed by atoms with Crippen molar-refractivity contribution in [3.05, 3.63) is 0 Å². The second-order valence-corrected chi connectivity index (χ2v) is 2.88. The number of likely N-dealkylation sites (N-methyl/N-ethyl adjacent to an activating group) is 1. The third-order valence-electron chi connectivity index (χ3n) is 1.88. The number of nitrogens with zero attached hydrogens (tertiary/aromatic N) is 1. The first-order valence-corrected chi connectivity index (χ1v) is 3.36. The van der Waals surface area contributed by atoms with E-state index in [1.807, 2.05) is 7.05 Å². The van der Waals surface area contributed by atoms with Crippen molar-refractivity contribution in [2.75, 3.05) is 26.8 Å². The van der Waals surface area contributed by atoms with Gasteiger partial charge in [-0.15, -0.1) is 0 Å². The Bertz CT molecular complexity index is 107. The van der Waals surface area contributed by atoms with Gasteiger partial charge in [-0.2, -0.15) is 0 Å². The summed E-state index contributed by atoms with van der Waals surface area (Å²) in [7, 11) is 4.16. The van der Waals surface area contributed by atoms with Gasteiger partial charge in [-0.3, -0.25) is 4.90 Å². The minimum absolute atomic E-state index is 0.0538. The Morgan fingerprint density at radius 2 is 2.44 bits per heavy atom. The van der Waals surface area contributed by atoms with E-state index in [4.69, 9.17) is 9.63 Å². The summed E-state index contributed by atoms with van der Waals surface area (Å²) in [6.07, 6.45) is 0. The highest BCUT2D eigenvalue weighted by molar-refractivity contribution is 7.09. The Labute approximate surface area is 57.3 Å². The maximum absolute atomic E-state index is 8.83. The molecule has 0 aliphatic carbocycles. The standard InChI is InChI=1S/C5H12NO2P/c1-6-2-5(6,3-7)4-8-9/h7H,2-4,9H2,1H3. The predicted octanol–water partition coefficient (Wildman–Crippen LogP) is -0.530. The van der Waals surface area contributed by atoms with Crippen molar-refractivity contribution in [3.63, 3.8) is 0 Å². The molecule has 9 heavy (non-hydrogen) atoms. The van der Waals surface area contributed by atoms with E-state index < -0.39 is 0 Å². The SMILES string of the molecule is CN1CC1(CO)COP. The lowest BCUT2D eigenvalue weighted by Gasteiger charge is -2.09. The predicted molar refractivity (Wildman–Crippen MR) is 38.1 cm³/mol. The molecule has 0 bridgehead atoms. The Morgan fingerprint density at radius 3 is 2.56 bits per heavy atom. The third-order valence-corrected chi connectivity index (χ3v) is 2.05. The van der Waals surface area contributed by atoms with E-state index in [1.165, 1.54) is 0 Å². The van der Waals surface area contributed by atoms with E-state index in [0.717, 1.165) is 6.54 Å². The van der Waals surface area contributed by atoms with Crippen molar-refractivity contribution in [2.24, 2.45) is 0 Å². The van der Waals surface area contributed by atoms with Gasteiger partial charge in [0, 0.05) is 16.0 Å². The van der Waals surface area contributed by atoms with Crippen LogP contribution in [0.3, 0.4) is 0 Å². The Kier molecular flexibility index (Phi) is 2.07. The van der Waals surface area contributed by atoms with Crippen LogP contribution >= 0.6 is 9.47 Å². The molecule has 54 valence electrons. The van der Waals surface area contributed by atoms with Crippen molar-refractivity contribution in [3.8, 4) is 0 Å². The molecule has 1 rings (SSSR count). The first kappa shape index (κ1) is 7.42. The van der Waals surface area contributed by atoms with Crippen LogP contribution in [0.2, 0.25) is 0 Å². The lowest BCUT2D eigenvalue weighted by atomic mass is 10.2. The summed E-state index contributed by atoms with van der Waals surface area (Å²) < 4.78 is 4.85.